The molecule has 0 aliphatic carbocycles. The predicted octanol–water partition coefficient (Wildman–Crippen LogP) is 0.982. The third-order valence-corrected chi connectivity index (χ3v) is 3.92. The van der Waals surface area contributed by atoms with E-state index in [9.17, 15) is 9.59 Å². The maximum atomic E-state index is 12.5. The molecule has 116 valence electrons. The third-order valence-electron chi connectivity index (χ3n) is 3.92. The first kappa shape index (κ1) is 17.0. The van der Waals surface area contributed by atoms with Gasteiger partial charge in [0.25, 0.3) is 0 Å². The van der Waals surface area contributed by atoms with Gasteiger partial charge in [-0.05, 0) is 24.7 Å². The van der Waals surface area contributed by atoms with Gasteiger partial charge in [0, 0.05) is 32.6 Å². The average molecular weight is 283 g/mol. The van der Waals surface area contributed by atoms with E-state index >= 15 is 0 Å². The van der Waals surface area contributed by atoms with Gasteiger partial charge in [0.1, 0.15) is 0 Å². The maximum absolute atomic E-state index is 12.5. The number of hydrogen-bond acceptors (Lipinski definition) is 3. The van der Waals surface area contributed by atoms with Crippen LogP contribution in [-0.4, -0.2) is 43.4 Å². The Kier molecular flexibility index (Phi) is 5.99. The van der Waals surface area contributed by atoms with E-state index < -0.39 is 0 Å². The summed E-state index contributed by atoms with van der Waals surface area (Å²) in [5.74, 6) is 0.175. The van der Waals surface area contributed by atoms with Crippen LogP contribution in [0.4, 0.5) is 0 Å². The fourth-order valence-corrected chi connectivity index (χ4v) is 2.84. The smallest absolute Gasteiger partial charge is 0.226 e. The van der Waals surface area contributed by atoms with E-state index in [1.807, 2.05) is 4.90 Å². The largest absolute Gasteiger partial charge is 0.359 e. The van der Waals surface area contributed by atoms with Crippen LogP contribution in [-0.2, 0) is 9.59 Å². The van der Waals surface area contributed by atoms with E-state index in [2.05, 4.69) is 26.1 Å². The zero-order chi connectivity index (χ0) is 15.3. The van der Waals surface area contributed by atoms with Crippen molar-refractivity contribution in [1.82, 2.24) is 10.2 Å². The second-order valence-electron chi connectivity index (χ2n) is 6.91. The average Bonchev–Trinajstić information content (AvgIpc) is 2.42. The maximum Gasteiger partial charge on any atom is 0.226 e. The summed E-state index contributed by atoms with van der Waals surface area (Å²) in [5, 5.41) is 2.68. The van der Waals surface area contributed by atoms with Gasteiger partial charge in [-0.2, -0.15) is 0 Å². The van der Waals surface area contributed by atoms with E-state index in [1.54, 1.807) is 7.05 Å². The fourth-order valence-electron chi connectivity index (χ4n) is 2.84. The molecule has 0 spiro atoms. The summed E-state index contributed by atoms with van der Waals surface area (Å²) in [6, 6.07) is 0. The molecule has 0 radical (unpaired) electrons. The van der Waals surface area contributed by atoms with Crippen molar-refractivity contribution in [2.45, 2.75) is 40.0 Å². The van der Waals surface area contributed by atoms with Crippen LogP contribution >= 0.6 is 0 Å². The summed E-state index contributed by atoms with van der Waals surface area (Å²) < 4.78 is 0. The number of likely N-dealkylation sites (tertiary alicyclic amines) is 1. The predicted molar refractivity (Wildman–Crippen MR) is 80.0 cm³/mol. The van der Waals surface area contributed by atoms with Gasteiger partial charge in [-0.15, -0.1) is 0 Å². The minimum atomic E-state index is -0.105. The normalized spacial score (nSPS) is 18.8. The van der Waals surface area contributed by atoms with Gasteiger partial charge in [-0.3, -0.25) is 9.59 Å². The summed E-state index contributed by atoms with van der Waals surface area (Å²) in [6.45, 7) is 8.10. The molecule has 1 atom stereocenters. The highest BCUT2D eigenvalue weighted by atomic mass is 16.2. The Bertz CT molecular complexity index is 342. The fraction of sp³-hybridized carbons (Fsp3) is 0.867. The molecule has 1 rings (SSSR count). The SMILES string of the molecule is CNC(=O)C1CCN(C(=O)C(CN)CC(C)(C)C)CC1. The van der Waals surface area contributed by atoms with Gasteiger partial charge in [0.15, 0.2) is 0 Å². The lowest BCUT2D eigenvalue weighted by Gasteiger charge is -2.35. The molecule has 1 unspecified atom stereocenters. The molecule has 1 aliphatic heterocycles. The molecule has 1 saturated heterocycles. The van der Waals surface area contributed by atoms with Crippen molar-refractivity contribution in [2.75, 3.05) is 26.7 Å². The molecule has 5 nitrogen and oxygen atoms in total. The van der Waals surface area contributed by atoms with E-state index in [4.69, 9.17) is 5.73 Å². The van der Waals surface area contributed by atoms with E-state index in [0.29, 0.717) is 19.6 Å². The number of hydrogen-bond donors (Lipinski definition) is 2. The Hall–Kier alpha value is -1.10. The zero-order valence-corrected chi connectivity index (χ0v) is 13.2. The molecule has 0 bridgehead atoms. The monoisotopic (exact) mass is 283 g/mol. The molecule has 1 fully saturated rings. The first-order valence-corrected chi connectivity index (χ1v) is 7.49. The van der Waals surface area contributed by atoms with E-state index in [0.717, 1.165) is 19.3 Å². The molecule has 0 aromatic carbocycles. The standard InChI is InChI=1S/C15H29N3O2/c1-15(2,3)9-12(10-16)14(20)18-7-5-11(6-8-18)13(19)17-4/h11-12H,5-10,16H2,1-4H3,(H,17,19). The van der Waals surface area contributed by atoms with Crippen LogP contribution in [0.25, 0.3) is 0 Å². The first-order valence-electron chi connectivity index (χ1n) is 7.49. The Balaban J connectivity index is 2.55. The second kappa shape index (κ2) is 7.07. The third kappa shape index (κ3) is 4.78. The summed E-state index contributed by atoms with van der Waals surface area (Å²) in [5.41, 5.74) is 5.87. The molecule has 0 aromatic heterocycles. The summed E-state index contributed by atoms with van der Waals surface area (Å²) in [7, 11) is 1.66. The second-order valence-corrected chi connectivity index (χ2v) is 6.91. The molecule has 5 heteroatoms. The van der Waals surface area contributed by atoms with Crippen molar-refractivity contribution in [3.63, 3.8) is 0 Å². The molecule has 3 N–H and O–H groups in total. The van der Waals surface area contributed by atoms with Crippen LogP contribution in [0.5, 0.6) is 0 Å². The molecular formula is C15H29N3O2. The highest BCUT2D eigenvalue weighted by Crippen LogP contribution is 2.26. The summed E-state index contributed by atoms with van der Waals surface area (Å²) in [4.78, 5) is 26.0. The molecule has 0 aromatic rings. The van der Waals surface area contributed by atoms with Gasteiger partial charge >= 0.3 is 0 Å². The number of amides is 2. The van der Waals surface area contributed by atoms with E-state index in [1.165, 1.54) is 0 Å². The minimum Gasteiger partial charge on any atom is -0.359 e. The van der Waals surface area contributed by atoms with Crippen LogP contribution in [0.2, 0.25) is 0 Å². The Labute approximate surface area is 122 Å². The number of piperidine rings is 1. The highest BCUT2D eigenvalue weighted by molar-refractivity contribution is 5.81. The van der Waals surface area contributed by atoms with Crippen LogP contribution in [0.1, 0.15) is 40.0 Å². The summed E-state index contributed by atoms with van der Waals surface area (Å²) >= 11 is 0. The lowest BCUT2D eigenvalue weighted by atomic mass is 9.83. The van der Waals surface area contributed by atoms with Crippen LogP contribution in [0.3, 0.4) is 0 Å². The number of nitrogens with one attached hydrogen (secondary N) is 1. The molecule has 1 aliphatic rings. The van der Waals surface area contributed by atoms with Gasteiger partial charge in [-0.25, -0.2) is 0 Å². The zero-order valence-electron chi connectivity index (χ0n) is 13.2. The number of nitrogens with zero attached hydrogens (tertiary/aromatic N) is 1. The quantitative estimate of drug-likeness (QED) is 0.807. The first-order chi connectivity index (χ1) is 9.28. The van der Waals surface area contributed by atoms with Gasteiger partial charge in [-0.1, -0.05) is 20.8 Å². The Morgan fingerprint density at radius 3 is 2.25 bits per heavy atom. The van der Waals surface area contributed by atoms with Crippen LogP contribution < -0.4 is 11.1 Å². The Morgan fingerprint density at radius 1 is 1.30 bits per heavy atom. The number of nitrogens with two attached hydrogens (primary N) is 1. The molecular weight excluding hydrogens is 254 g/mol. The van der Waals surface area contributed by atoms with Crippen molar-refractivity contribution in [3.8, 4) is 0 Å². The van der Waals surface area contributed by atoms with Crippen molar-refractivity contribution in [2.24, 2.45) is 23.0 Å². The lowest BCUT2D eigenvalue weighted by Crippen LogP contribution is -2.46. The number of rotatable bonds is 4. The number of carbonyl (C=O) groups excluding carboxylic acids is 2. The molecule has 1 heterocycles. The van der Waals surface area contributed by atoms with E-state index in [-0.39, 0.29) is 29.1 Å². The minimum absolute atomic E-state index is 0.0444. The molecule has 0 saturated carbocycles. The topological polar surface area (TPSA) is 75.4 Å². The molecule has 2 amide bonds. The summed E-state index contributed by atoms with van der Waals surface area (Å²) in [6.07, 6.45) is 2.30. The van der Waals surface area contributed by atoms with Crippen molar-refractivity contribution < 1.29 is 9.59 Å². The number of carbonyl (C=O) groups is 2. The molecule has 20 heavy (non-hydrogen) atoms. The van der Waals surface area contributed by atoms with Crippen LogP contribution in [0.15, 0.2) is 0 Å². The lowest BCUT2D eigenvalue weighted by molar-refractivity contribution is -0.139. The van der Waals surface area contributed by atoms with Crippen molar-refractivity contribution in [1.29, 1.82) is 0 Å². The Morgan fingerprint density at radius 2 is 1.85 bits per heavy atom. The van der Waals surface area contributed by atoms with Crippen LogP contribution in [0, 0.1) is 17.3 Å². The van der Waals surface area contributed by atoms with Gasteiger partial charge in [0.05, 0.1) is 5.92 Å². The highest BCUT2D eigenvalue weighted by Gasteiger charge is 2.31. The van der Waals surface area contributed by atoms with Crippen molar-refractivity contribution in [3.05, 3.63) is 0 Å². The van der Waals surface area contributed by atoms with Gasteiger partial charge < -0.3 is 16.0 Å². The van der Waals surface area contributed by atoms with Crippen molar-refractivity contribution >= 4 is 11.8 Å². The van der Waals surface area contributed by atoms with Gasteiger partial charge in [0.2, 0.25) is 11.8 Å².